The van der Waals surface area contributed by atoms with Gasteiger partial charge in [0.25, 0.3) is 0 Å². The Morgan fingerprint density at radius 1 is 1.19 bits per heavy atom. The van der Waals surface area contributed by atoms with Crippen LogP contribution in [0.25, 0.3) is 0 Å². The monoisotopic (exact) mass is 662 g/mol. The molecule has 260 valence electrons. The molecule has 14 nitrogen and oxygen atoms in total. The highest BCUT2D eigenvalue weighted by Gasteiger charge is 2.69. The smallest absolute Gasteiger partial charge is 0.408 e. The van der Waals surface area contributed by atoms with E-state index in [-0.39, 0.29) is 18.0 Å². The molecule has 4 aliphatic rings. The zero-order valence-corrected chi connectivity index (χ0v) is 27.2. The molecule has 4 bridgehead atoms. The Kier molecular flexibility index (Phi) is 10.2. The summed E-state index contributed by atoms with van der Waals surface area (Å²) in [6.07, 6.45) is 1.30. The second-order valence-corrected chi connectivity index (χ2v) is 13.3. The summed E-state index contributed by atoms with van der Waals surface area (Å²) in [4.78, 5) is 42.2. The lowest BCUT2D eigenvalue weighted by Gasteiger charge is -2.48. The number of cyclic esters (lactones) is 1. The van der Waals surface area contributed by atoms with Crippen LogP contribution in [0.3, 0.4) is 0 Å². The fraction of sp³-hybridized carbons (Fsp3) is 0.667. The lowest BCUT2D eigenvalue weighted by atomic mass is 9.57. The summed E-state index contributed by atoms with van der Waals surface area (Å²) < 4.78 is 30.0. The first-order valence-corrected chi connectivity index (χ1v) is 16.0. The number of carbonyl (C=O) groups excluding carboxylic acids is 3. The molecule has 6 N–H and O–H groups in total. The lowest BCUT2D eigenvalue weighted by Crippen LogP contribution is -2.58. The van der Waals surface area contributed by atoms with Gasteiger partial charge in [-0.25, -0.2) is 14.4 Å². The molecule has 1 saturated carbocycles. The first kappa shape index (κ1) is 35.0. The Balaban J connectivity index is 1.48. The largest absolute Gasteiger partial charge is 0.456 e. The van der Waals surface area contributed by atoms with Gasteiger partial charge in [0.2, 0.25) is 0 Å². The Bertz CT molecular complexity index is 1350. The zero-order valence-electron chi connectivity index (χ0n) is 27.2. The molecule has 3 heterocycles. The van der Waals surface area contributed by atoms with E-state index in [1.807, 2.05) is 32.1 Å². The summed E-state index contributed by atoms with van der Waals surface area (Å²) in [6, 6.07) is 3.31. The van der Waals surface area contributed by atoms with Gasteiger partial charge in [-0.2, -0.15) is 0 Å². The number of ether oxygens (including phenoxy) is 5. The van der Waals surface area contributed by atoms with Crippen molar-refractivity contribution in [2.24, 2.45) is 29.6 Å². The molecule has 1 unspecified atom stereocenters. The molecule has 47 heavy (non-hydrogen) atoms. The summed E-state index contributed by atoms with van der Waals surface area (Å²) in [5.41, 5.74) is -1.73. The Hall–Kier alpha value is -3.27. The maximum absolute atomic E-state index is 13.6. The van der Waals surface area contributed by atoms with Gasteiger partial charge in [-0.15, -0.1) is 0 Å². The highest BCUT2D eigenvalue weighted by atomic mass is 16.6. The minimum absolute atomic E-state index is 0.157. The highest BCUT2D eigenvalue weighted by molar-refractivity contribution is 5.87. The SMILES string of the molecule is CO[C@H]1CC2C=C[C@H]3[C@H]4O[C@]2(/C(C)=C/[C@@H](C)[C@@H]([C@@H](C)OC(=O)NC(CO)(CO)CO)OC1=O)[C@@H]3[C@H](O)[C@@H](C)[C@H]4OC(=O)c1ccc[nH]1. The predicted octanol–water partition coefficient (Wildman–Crippen LogP) is 0.850. The fourth-order valence-electron chi connectivity index (χ4n) is 7.88. The molecule has 1 amide bonds. The average Bonchev–Trinajstić information content (AvgIpc) is 3.66. The quantitative estimate of drug-likeness (QED) is 0.124. The van der Waals surface area contributed by atoms with E-state index in [0.717, 1.165) is 5.57 Å². The number of hydrogen-bond donors (Lipinski definition) is 6. The van der Waals surface area contributed by atoms with E-state index < -0.39 is 109 Å². The number of H-pyrrole nitrogens is 1. The van der Waals surface area contributed by atoms with E-state index in [1.54, 1.807) is 25.3 Å². The summed E-state index contributed by atoms with van der Waals surface area (Å²) in [6.45, 7) is 4.85. The summed E-state index contributed by atoms with van der Waals surface area (Å²) in [5, 5.41) is 43.0. The lowest BCUT2D eigenvalue weighted by molar-refractivity contribution is -0.172. The maximum atomic E-state index is 13.6. The molecule has 2 fully saturated rings. The summed E-state index contributed by atoms with van der Waals surface area (Å²) >= 11 is 0. The Labute approximate surface area is 273 Å². The molecule has 2 aliphatic heterocycles. The number of aliphatic hydroxyl groups is 4. The highest BCUT2D eigenvalue weighted by Crippen LogP contribution is 2.61. The van der Waals surface area contributed by atoms with Gasteiger partial charge >= 0.3 is 18.0 Å². The number of aromatic amines is 1. The van der Waals surface area contributed by atoms with Crippen LogP contribution in [-0.4, -0.2) is 118 Å². The number of rotatable bonds is 9. The number of hydrogen-bond acceptors (Lipinski definition) is 12. The van der Waals surface area contributed by atoms with Crippen molar-refractivity contribution in [3.8, 4) is 0 Å². The number of methoxy groups -OCH3 is 1. The number of nitrogens with one attached hydrogen (secondary N) is 2. The van der Waals surface area contributed by atoms with Crippen LogP contribution in [0, 0.1) is 29.6 Å². The van der Waals surface area contributed by atoms with Gasteiger partial charge in [0.15, 0.2) is 6.10 Å². The predicted molar refractivity (Wildman–Crippen MR) is 164 cm³/mol. The normalized spacial score (nSPS) is 38.3. The van der Waals surface area contributed by atoms with E-state index >= 15 is 0 Å². The number of amides is 1. The van der Waals surface area contributed by atoms with Crippen molar-refractivity contribution in [3.63, 3.8) is 0 Å². The van der Waals surface area contributed by atoms with Gasteiger partial charge in [0, 0.05) is 42.9 Å². The van der Waals surface area contributed by atoms with E-state index in [4.69, 9.17) is 23.7 Å². The number of esters is 2. The minimum Gasteiger partial charge on any atom is -0.456 e. The second-order valence-electron chi connectivity index (χ2n) is 13.3. The van der Waals surface area contributed by atoms with Gasteiger partial charge in [0.1, 0.15) is 41.2 Å². The molecule has 1 aromatic heterocycles. The van der Waals surface area contributed by atoms with E-state index in [1.165, 1.54) is 14.0 Å². The molecular weight excluding hydrogens is 616 g/mol. The van der Waals surface area contributed by atoms with Crippen molar-refractivity contribution < 1.29 is 58.5 Å². The molecule has 0 radical (unpaired) electrons. The molecule has 0 aromatic carbocycles. The third kappa shape index (κ3) is 6.11. The van der Waals surface area contributed by atoms with Crippen LogP contribution < -0.4 is 5.32 Å². The maximum Gasteiger partial charge on any atom is 0.408 e. The molecule has 1 spiro atoms. The Morgan fingerprint density at radius 3 is 2.51 bits per heavy atom. The van der Waals surface area contributed by atoms with Gasteiger partial charge in [-0.1, -0.05) is 32.1 Å². The van der Waals surface area contributed by atoms with Crippen LogP contribution in [0.15, 0.2) is 42.1 Å². The van der Waals surface area contributed by atoms with Crippen molar-refractivity contribution in [2.45, 2.75) is 81.9 Å². The first-order valence-electron chi connectivity index (χ1n) is 16.0. The molecule has 1 saturated heterocycles. The first-order chi connectivity index (χ1) is 22.4. The average molecular weight is 663 g/mol. The van der Waals surface area contributed by atoms with Crippen LogP contribution in [-0.2, 0) is 28.5 Å². The number of carbonyl (C=O) groups is 3. The van der Waals surface area contributed by atoms with E-state index in [9.17, 15) is 34.8 Å². The van der Waals surface area contributed by atoms with Crippen molar-refractivity contribution >= 4 is 18.0 Å². The molecule has 5 rings (SSSR count). The summed E-state index contributed by atoms with van der Waals surface area (Å²) in [5.74, 6) is -3.34. The topological polar surface area (TPSA) is 206 Å². The third-order valence-electron chi connectivity index (χ3n) is 10.5. The molecule has 1 aromatic rings. The number of aromatic nitrogens is 1. The van der Waals surface area contributed by atoms with E-state index in [0.29, 0.717) is 0 Å². The molecule has 2 aliphatic carbocycles. The van der Waals surface area contributed by atoms with E-state index in [2.05, 4.69) is 10.3 Å². The van der Waals surface area contributed by atoms with Crippen LogP contribution in [0.2, 0.25) is 0 Å². The fourth-order valence-corrected chi connectivity index (χ4v) is 7.88. The van der Waals surface area contributed by atoms with Crippen molar-refractivity contribution in [1.82, 2.24) is 10.3 Å². The minimum atomic E-state index is -1.71. The van der Waals surface area contributed by atoms with Crippen LogP contribution in [0.5, 0.6) is 0 Å². The molecule has 14 heteroatoms. The Morgan fingerprint density at radius 2 is 1.89 bits per heavy atom. The number of alkyl carbamates (subject to hydrolysis) is 1. The van der Waals surface area contributed by atoms with Crippen molar-refractivity contribution in [2.75, 3.05) is 26.9 Å². The van der Waals surface area contributed by atoms with Crippen LogP contribution >= 0.6 is 0 Å². The van der Waals surface area contributed by atoms with Crippen LogP contribution in [0.4, 0.5) is 4.79 Å². The van der Waals surface area contributed by atoms with Gasteiger partial charge in [-0.05, 0) is 38.0 Å². The number of aliphatic hydroxyl groups excluding tert-OH is 4. The van der Waals surface area contributed by atoms with Crippen molar-refractivity contribution in [3.05, 3.63) is 47.8 Å². The molecule has 12 atom stereocenters. The zero-order chi connectivity index (χ0) is 34.3. The summed E-state index contributed by atoms with van der Waals surface area (Å²) in [7, 11) is 1.40. The standard InChI is InChI=1S/C33H46N2O12/c1-16-11-17(2)33-20(12-23(43-5)30(41)45-26(16)19(4)44-31(42)35-32(13-36,14-37)15-38)8-9-21-24(33)25(39)18(3)27(28(21)47-33)46-29(40)22-7-6-10-34-22/h6-11,16,18-21,23-28,34,36-39H,12-15H2,1-5H3,(H,35,42)/b17-11+/t16-,18-,19-,20?,21-,23+,24+,25-,26+,27-,28-,33+/m1/s1. The van der Waals surface area contributed by atoms with Gasteiger partial charge < -0.3 is 54.4 Å². The van der Waals surface area contributed by atoms with Gasteiger partial charge in [-0.3, -0.25) is 0 Å². The molecular formula is C33H46N2O12. The van der Waals surface area contributed by atoms with Crippen LogP contribution in [0.1, 0.15) is 44.6 Å². The van der Waals surface area contributed by atoms with Crippen molar-refractivity contribution in [1.29, 1.82) is 0 Å². The third-order valence-corrected chi connectivity index (χ3v) is 10.5. The van der Waals surface area contributed by atoms with Gasteiger partial charge in [0.05, 0.1) is 25.9 Å². The second kappa shape index (κ2) is 13.7.